The van der Waals surface area contributed by atoms with Crippen molar-refractivity contribution in [2.24, 2.45) is 5.73 Å². The number of rotatable bonds is 10. The Bertz CT molecular complexity index is 1790. The molecule has 0 saturated carbocycles. The minimum absolute atomic E-state index is 0.211. The van der Waals surface area contributed by atoms with Crippen molar-refractivity contribution in [3.8, 4) is 0 Å². The minimum Gasteiger partial charge on any atom is -0.361 e. The Kier molecular flexibility index (Phi) is 7.15. The third-order valence-electron chi connectivity index (χ3n) is 7.70. The molecule has 3 heterocycles. The summed E-state index contributed by atoms with van der Waals surface area (Å²) in [7, 11) is 0. The number of para-hydroxylation sites is 2. The number of nitrogens with one attached hydrogen (secondary N) is 3. The van der Waals surface area contributed by atoms with E-state index in [1.54, 1.807) is 13.8 Å². The molecule has 5 N–H and O–H groups in total. The molecule has 1 amide bonds. The molecule has 0 saturated heterocycles. The van der Waals surface area contributed by atoms with E-state index >= 15 is 0 Å². The SMILES string of the molecule is CC(C)(N)C(=O)NCC(c1c[nH]c2ccccc12)c1nnc(Cc2ccccc2)n1CCc1c[nH]c2ccccc12. The number of aromatic amines is 2. The molecule has 0 spiro atoms. The second-order valence-electron chi connectivity index (χ2n) is 11.2. The predicted octanol–water partition coefficient (Wildman–Crippen LogP) is 5.06. The number of hydrogen-bond donors (Lipinski definition) is 4. The summed E-state index contributed by atoms with van der Waals surface area (Å²) < 4.78 is 2.24. The fourth-order valence-electron chi connectivity index (χ4n) is 5.48. The van der Waals surface area contributed by atoms with Gasteiger partial charge in [0.05, 0.1) is 11.5 Å². The van der Waals surface area contributed by atoms with Gasteiger partial charge in [0.25, 0.3) is 0 Å². The molecular formula is C33H35N7O. The highest BCUT2D eigenvalue weighted by atomic mass is 16.2. The lowest BCUT2D eigenvalue weighted by atomic mass is 9.96. The summed E-state index contributed by atoms with van der Waals surface area (Å²) in [4.78, 5) is 19.7. The topological polar surface area (TPSA) is 117 Å². The summed E-state index contributed by atoms with van der Waals surface area (Å²) >= 11 is 0. The normalized spacial score (nSPS) is 12.7. The van der Waals surface area contributed by atoms with Crippen molar-refractivity contribution in [2.45, 2.75) is 44.7 Å². The first-order chi connectivity index (χ1) is 19.9. The summed E-state index contributed by atoms with van der Waals surface area (Å²) in [5.41, 5.74) is 10.8. The summed E-state index contributed by atoms with van der Waals surface area (Å²) in [6, 6.07) is 26.9. The highest BCUT2D eigenvalue weighted by molar-refractivity contribution is 5.86. The van der Waals surface area contributed by atoms with Gasteiger partial charge in [0.2, 0.25) is 5.91 Å². The van der Waals surface area contributed by atoms with Crippen molar-refractivity contribution in [3.05, 3.63) is 120 Å². The number of carbonyl (C=O) groups is 1. The molecule has 6 rings (SSSR count). The van der Waals surface area contributed by atoms with Crippen LogP contribution in [0.3, 0.4) is 0 Å². The lowest BCUT2D eigenvalue weighted by Gasteiger charge is -2.22. The van der Waals surface area contributed by atoms with Gasteiger partial charge in [-0.25, -0.2) is 0 Å². The number of hydrogen-bond acceptors (Lipinski definition) is 4. The van der Waals surface area contributed by atoms with Crippen LogP contribution in [-0.2, 0) is 24.2 Å². The van der Waals surface area contributed by atoms with Gasteiger partial charge in [-0.15, -0.1) is 10.2 Å². The third-order valence-corrected chi connectivity index (χ3v) is 7.70. The Hall–Kier alpha value is -4.69. The van der Waals surface area contributed by atoms with Crippen LogP contribution in [0, 0.1) is 0 Å². The van der Waals surface area contributed by atoms with Gasteiger partial charge in [0.15, 0.2) is 0 Å². The quantitative estimate of drug-likeness (QED) is 0.192. The highest BCUT2D eigenvalue weighted by Gasteiger charge is 2.28. The van der Waals surface area contributed by atoms with Crippen molar-refractivity contribution >= 4 is 27.7 Å². The smallest absolute Gasteiger partial charge is 0.239 e. The van der Waals surface area contributed by atoms with Crippen molar-refractivity contribution in [1.29, 1.82) is 0 Å². The van der Waals surface area contributed by atoms with Crippen molar-refractivity contribution in [3.63, 3.8) is 0 Å². The molecule has 0 fully saturated rings. The van der Waals surface area contributed by atoms with Crippen LogP contribution >= 0.6 is 0 Å². The molecule has 41 heavy (non-hydrogen) atoms. The molecule has 8 nitrogen and oxygen atoms in total. The minimum atomic E-state index is -0.994. The average Bonchev–Trinajstić information content (AvgIpc) is 3.70. The van der Waals surface area contributed by atoms with Crippen LogP contribution in [0.5, 0.6) is 0 Å². The van der Waals surface area contributed by atoms with Crippen molar-refractivity contribution in [2.75, 3.05) is 6.54 Å². The maximum Gasteiger partial charge on any atom is 0.239 e. The molecule has 0 aliphatic carbocycles. The largest absolute Gasteiger partial charge is 0.361 e. The zero-order valence-corrected chi connectivity index (χ0v) is 23.4. The Morgan fingerprint density at radius 3 is 2.32 bits per heavy atom. The number of amides is 1. The van der Waals surface area contributed by atoms with Gasteiger partial charge in [-0.1, -0.05) is 66.7 Å². The summed E-state index contributed by atoms with van der Waals surface area (Å²) in [6.07, 6.45) is 5.57. The molecule has 1 atom stereocenters. The molecule has 8 heteroatoms. The second kappa shape index (κ2) is 11.1. The van der Waals surface area contributed by atoms with E-state index in [1.165, 1.54) is 16.5 Å². The second-order valence-corrected chi connectivity index (χ2v) is 11.2. The lowest BCUT2D eigenvalue weighted by molar-refractivity contribution is -0.125. The average molecular weight is 546 g/mol. The Balaban J connectivity index is 1.42. The molecule has 0 radical (unpaired) electrons. The molecule has 6 aromatic rings. The monoisotopic (exact) mass is 545 g/mol. The van der Waals surface area contributed by atoms with E-state index in [9.17, 15) is 4.79 Å². The van der Waals surface area contributed by atoms with E-state index in [2.05, 4.69) is 68.5 Å². The zero-order chi connectivity index (χ0) is 28.4. The van der Waals surface area contributed by atoms with Crippen LogP contribution in [0.25, 0.3) is 21.8 Å². The van der Waals surface area contributed by atoms with Gasteiger partial charge >= 0.3 is 0 Å². The number of nitrogens with zero attached hydrogens (tertiary/aromatic N) is 3. The molecule has 0 bridgehead atoms. The number of fused-ring (bicyclic) bond motifs is 2. The maximum absolute atomic E-state index is 12.9. The molecule has 3 aromatic carbocycles. The molecule has 0 aliphatic rings. The number of H-pyrrole nitrogens is 2. The molecular weight excluding hydrogens is 510 g/mol. The Morgan fingerprint density at radius 1 is 0.902 bits per heavy atom. The van der Waals surface area contributed by atoms with Crippen LogP contribution in [0.15, 0.2) is 91.3 Å². The van der Waals surface area contributed by atoms with Gasteiger partial charge in [0, 0.05) is 53.7 Å². The number of benzene rings is 3. The van der Waals surface area contributed by atoms with Gasteiger partial charge in [-0.2, -0.15) is 0 Å². The van der Waals surface area contributed by atoms with Crippen molar-refractivity contribution in [1.82, 2.24) is 30.0 Å². The summed E-state index contributed by atoms with van der Waals surface area (Å²) in [5.74, 6) is 1.26. The number of aryl methyl sites for hydroxylation is 1. The molecule has 208 valence electrons. The van der Waals surface area contributed by atoms with E-state index in [-0.39, 0.29) is 11.8 Å². The predicted molar refractivity (Wildman–Crippen MR) is 163 cm³/mol. The van der Waals surface area contributed by atoms with E-state index < -0.39 is 5.54 Å². The summed E-state index contributed by atoms with van der Waals surface area (Å²) in [5, 5.41) is 14.9. The van der Waals surface area contributed by atoms with E-state index in [4.69, 9.17) is 15.9 Å². The first-order valence-electron chi connectivity index (χ1n) is 14.0. The Morgan fingerprint density at radius 2 is 1.56 bits per heavy atom. The first-order valence-corrected chi connectivity index (χ1v) is 14.0. The molecule has 1 unspecified atom stereocenters. The van der Waals surface area contributed by atoms with Crippen LogP contribution in [-0.4, -0.2) is 42.7 Å². The van der Waals surface area contributed by atoms with E-state index in [0.717, 1.165) is 40.1 Å². The zero-order valence-electron chi connectivity index (χ0n) is 23.4. The number of aromatic nitrogens is 5. The number of nitrogens with two attached hydrogens (primary N) is 1. The van der Waals surface area contributed by atoms with E-state index in [1.807, 2.05) is 42.6 Å². The lowest BCUT2D eigenvalue weighted by Crippen LogP contribution is -2.50. The fraction of sp³-hybridized carbons (Fsp3) is 0.242. The van der Waals surface area contributed by atoms with E-state index in [0.29, 0.717) is 19.5 Å². The third kappa shape index (κ3) is 5.51. The summed E-state index contributed by atoms with van der Waals surface area (Å²) in [6.45, 7) is 4.47. The number of carbonyl (C=O) groups excluding carboxylic acids is 1. The van der Waals surface area contributed by atoms with Gasteiger partial charge in [0.1, 0.15) is 11.6 Å². The standard InChI is InChI=1S/C33H35N7O/c1-33(2,34)32(41)37-21-27(26-20-36-29-15-9-7-13-25(26)29)31-39-38-30(18-22-10-4-3-5-11-22)40(31)17-16-23-19-35-28-14-8-6-12-24(23)28/h3-15,19-20,27,35-36H,16-18,21,34H2,1-2H3,(H,37,41). The van der Waals surface area contributed by atoms with Gasteiger partial charge in [-0.05, 0) is 49.1 Å². The van der Waals surface area contributed by atoms with Crippen LogP contribution < -0.4 is 11.1 Å². The van der Waals surface area contributed by atoms with Crippen molar-refractivity contribution < 1.29 is 4.79 Å². The van der Waals surface area contributed by atoms with Gasteiger partial charge in [-0.3, -0.25) is 4.79 Å². The Labute approximate surface area is 239 Å². The maximum atomic E-state index is 12.9. The first kappa shape index (κ1) is 26.5. The van der Waals surface area contributed by atoms with Crippen LogP contribution in [0.1, 0.15) is 48.1 Å². The van der Waals surface area contributed by atoms with Crippen LogP contribution in [0.4, 0.5) is 0 Å². The highest BCUT2D eigenvalue weighted by Crippen LogP contribution is 2.31. The fourth-order valence-corrected chi connectivity index (χ4v) is 5.48. The molecule has 3 aromatic heterocycles. The molecule has 0 aliphatic heterocycles. The van der Waals surface area contributed by atoms with Crippen LogP contribution in [0.2, 0.25) is 0 Å². The van der Waals surface area contributed by atoms with Gasteiger partial charge < -0.3 is 25.6 Å².